The molecule has 2 N–H and O–H groups in total. The summed E-state index contributed by atoms with van der Waals surface area (Å²) >= 11 is 0. The Morgan fingerprint density at radius 2 is 1.64 bits per heavy atom. The second-order valence-electron chi connectivity index (χ2n) is 8.11. The Hall–Kier alpha value is -3.32. The highest BCUT2D eigenvalue weighted by molar-refractivity contribution is 7.92. The van der Waals surface area contributed by atoms with Gasteiger partial charge in [0.15, 0.2) is 0 Å². The van der Waals surface area contributed by atoms with Crippen LogP contribution in [-0.4, -0.2) is 21.4 Å². The molecule has 0 aliphatic carbocycles. The van der Waals surface area contributed by atoms with E-state index >= 15 is 0 Å². The van der Waals surface area contributed by atoms with Crippen LogP contribution < -0.4 is 14.8 Å². The fourth-order valence-electron chi connectivity index (χ4n) is 3.58. The molecule has 3 rings (SSSR count). The van der Waals surface area contributed by atoms with E-state index in [9.17, 15) is 13.2 Å². The molecule has 7 heteroatoms. The van der Waals surface area contributed by atoms with E-state index in [-0.39, 0.29) is 16.8 Å². The largest absolute Gasteiger partial charge is 0.496 e. The third kappa shape index (κ3) is 5.73. The fraction of sp³-hybridized carbons (Fsp3) is 0.269. The Labute approximate surface area is 196 Å². The predicted octanol–water partition coefficient (Wildman–Crippen LogP) is 5.30. The van der Waals surface area contributed by atoms with Crippen LogP contribution in [0.2, 0.25) is 0 Å². The molecule has 3 aromatic carbocycles. The Balaban J connectivity index is 1.82. The van der Waals surface area contributed by atoms with Crippen molar-refractivity contribution < 1.29 is 17.9 Å². The molecule has 174 valence electrons. The van der Waals surface area contributed by atoms with E-state index in [1.807, 2.05) is 39.0 Å². The van der Waals surface area contributed by atoms with Crippen molar-refractivity contribution in [2.45, 2.75) is 45.1 Å². The predicted molar refractivity (Wildman–Crippen MR) is 131 cm³/mol. The van der Waals surface area contributed by atoms with Crippen LogP contribution >= 0.6 is 0 Å². The third-order valence-electron chi connectivity index (χ3n) is 5.61. The van der Waals surface area contributed by atoms with E-state index in [2.05, 4.69) is 10.0 Å². The summed E-state index contributed by atoms with van der Waals surface area (Å²) in [6, 6.07) is 17.3. The first-order valence-electron chi connectivity index (χ1n) is 10.8. The van der Waals surface area contributed by atoms with Crippen LogP contribution in [0.15, 0.2) is 65.6 Å². The lowest BCUT2D eigenvalue weighted by Gasteiger charge is -2.19. The summed E-state index contributed by atoms with van der Waals surface area (Å²) in [7, 11) is -2.14. The molecule has 0 unspecified atom stereocenters. The zero-order chi connectivity index (χ0) is 24.2. The summed E-state index contributed by atoms with van der Waals surface area (Å²) in [6.07, 6.45) is 0.705. The lowest BCUT2D eigenvalue weighted by molar-refractivity contribution is 0.0935. The molecule has 0 aliphatic rings. The number of aryl methyl sites for hydroxylation is 3. The monoisotopic (exact) mass is 466 g/mol. The van der Waals surface area contributed by atoms with Crippen molar-refractivity contribution in [2.75, 3.05) is 11.8 Å². The highest BCUT2D eigenvalue weighted by atomic mass is 32.2. The number of rotatable bonds is 8. The van der Waals surface area contributed by atoms with Crippen LogP contribution in [0.1, 0.15) is 52.0 Å². The molecule has 0 saturated carbocycles. The minimum Gasteiger partial charge on any atom is -0.496 e. The van der Waals surface area contributed by atoms with E-state index in [0.29, 0.717) is 17.7 Å². The van der Waals surface area contributed by atoms with E-state index in [1.165, 1.54) is 0 Å². The van der Waals surface area contributed by atoms with E-state index < -0.39 is 10.0 Å². The Bertz CT molecular complexity index is 1250. The SMILES string of the molecule is CC[C@@H](NC(=O)c1ccc(C)c(NS(=O)(=O)c2ccc(C)cc2)c1)c1ccc(OC)c(C)c1. The molecule has 1 amide bonds. The van der Waals surface area contributed by atoms with Crippen molar-refractivity contribution in [3.05, 3.63) is 88.5 Å². The molecule has 6 nitrogen and oxygen atoms in total. The van der Waals surface area contributed by atoms with Gasteiger partial charge in [-0.25, -0.2) is 8.42 Å². The van der Waals surface area contributed by atoms with Gasteiger partial charge in [0.25, 0.3) is 15.9 Å². The zero-order valence-corrected chi connectivity index (χ0v) is 20.4. The molecule has 1 atom stereocenters. The second kappa shape index (κ2) is 10.1. The first-order valence-corrected chi connectivity index (χ1v) is 12.3. The number of carbonyl (C=O) groups is 1. The number of anilines is 1. The second-order valence-corrected chi connectivity index (χ2v) is 9.79. The molecule has 0 saturated heterocycles. The van der Waals surface area contributed by atoms with Crippen LogP contribution in [0.3, 0.4) is 0 Å². The summed E-state index contributed by atoms with van der Waals surface area (Å²) in [5, 5.41) is 3.05. The maximum atomic E-state index is 13.0. The molecule has 0 aliphatic heterocycles. The van der Waals surface area contributed by atoms with Crippen molar-refractivity contribution >= 4 is 21.6 Å². The van der Waals surface area contributed by atoms with Gasteiger partial charge in [-0.2, -0.15) is 0 Å². The molecule has 3 aromatic rings. The summed E-state index contributed by atoms with van der Waals surface area (Å²) in [6.45, 7) is 7.65. The van der Waals surface area contributed by atoms with Crippen LogP contribution in [-0.2, 0) is 10.0 Å². The van der Waals surface area contributed by atoms with Gasteiger partial charge in [-0.1, -0.05) is 42.8 Å². The molecule has 33 heavy (non-hydrogen) atoms. The normalized spacial score (nSPS) is 12.2. The standard InChI is InChI=1S/C26H30N2O4S/c1-6-23(20-11-14-25(32-5)19(4)15-20)27-26(29)21-10-9-18(3)24(16-21)28-33(30,31)22-12-7-17(2)8-13-22/h7-16,23,28H,6H2,1-5H3,(H,27,29)/t23-/m1/s1. The molecule has 0 radical (unpaired) electrons. The minimum absolute atomic E-state index is 0.170. The van der Waals surface area contributed by atoms with E-state index in [0.717, 1.165) is 28.0 Å². The van der Waals surface area contributed by atoms with Crippen LogP contribution in [0.25, 0.3) is 0 Å². The topological polar surface area (TPSA) is 84.5 Å². The summed E-state index contributed by atoms with van der Waals surface area (Å²) in [5.74, 6) is 0.523. The maximum Gasteiger partial charge on any atom is 0.261 e. The molecule has 0 heterocycles. The molecule has 0 spiro atoms. The third-order valence-corrected chi connectivity index (χ3v) is 6.99. The number of methoxy groups -OCH3 is 1. The minimum atomic E-state index is -3.77. The summed E-state index contributed by atoms with van der Waals surface area (Å²) < 4.78 is 33.6. The maximum absolute atomic E-state index is 13.0. The van der Waals surface area contributed by atoms with E-state index in [4.69, 9.17) is 4.74 Å². The van der Waals surface area contributed by atoms with Crippen LogP contribution in [0.5, 0.6) is 5.75 Å². The quantitative estimate of drug-likeness (QED) is 0.472. The number of hydrogen-bond acceptors (Lipinski definition) is 4. The lowest BCUT2D eigenvalue weighted by atomic mass is 10.0. The molecule has 0 fully saturated rings. The smallest absolute Gasteiger partial charge is 0.261 e. The van der Waals surface area contributed by atoms with Crippen molar-refractivity contribution in [3.8, 4) is 5.75 Å². The number of sulfonamides is 1. The van der Waals surface area contributed by atoms with Gasteiger partial charge in [-0.3, -0.25) is 9.52 Å². The molecule has 0 aromatic heterocycles. The first-order chi connectivity index (χ1) is 15.6. The molecule has 0 bridgehead atoms. The Morgan fingerprint density at radius 3 is 2.24 bits per heavy atom. The fourth-order valence-corrected chi connectivity index (χ4v) is 4.70. The van der Waals surface area contributed by atoms with Crippen molar-refractivity contribution in [1.82, 2.24) is 5.32 Å². The van der Waals surface area contributed by atoms with E-state index in [1.54, 1.807) is 56.5 Å². The Kier molecular flexibility index (Phi) is 7.43. The van der Waals surface area contributed by atoms with Gasteiger partial charge in [0.05, 0.1) is 23.7 Å². The average molecular weight is 467 g/mol. The zero-order valence-electron chi connectivity index (χ0n) is 19.6. The van der Waals surface area contributed by atoms with Gasteiger partial charge in [0.1, 0.15) is 5.75 Å². The number of amides is 1. The van der Waals surface area contributed by atoms with Gasteiger partial charge in [0.2, 0.25) is 0 Å². The molecular formula is C26H30N2O4S. The molecular weight excluding hydrogens is 436 g/mol. The van der Waals surface area contributed by atoms with Crippen LogP contribution in [0, 0.1) is 20.8 Å². The number of hydrogen-bond donors (Lipinski definition) is 2. The average Bonchev–Trinajstić information content (AvgIpc) is 2.78. The Morgan fingerprint density at radius 1 is 0.939 bits per heavy atom. The highest BCUT2D eigenvalue weighted by Gasteiger charge is 2.19. The van der Waals surface area contributed by atoms with Gasteiger partial charge in [-0.15, -0.1) is 0 Å². The van der Waals surface area contributed by atoms with Gasteiger partial charge in [-0.05, 0) is 74.2 Å². The van der Waals surface area contributed by atoms with Gasteiger partial charge >= 0.3 is 0 Å². The van der Waals surface area contributed by atoms with Crippen molar-refractivity contribution in [1.29, 1.82) is 0 Å². The number of nitrogens with one attached hydrogen (secondary N) is 2. The van der Waals surface area contributed by atoms with Gasteiger partial charge in [0, 0.05) is 5.56 Å². The highest BCUT2D eigenvalue weighted by Crippen LogP contribution is 2.26. The van der Waals surface area contributed by atoms with Crippen molar-refractivity contribution in [3.63, 3.8) is 0 Å². The number of carbonyl (C=O) groups excluding carboxylic acids is 1. The number of ether oxygens (including phenoxy) is 1. The summed E-state index contributed by atoms with van der Waals surface area (Å²) in [4.78, 5) is 13.2. The first kappa shape index (κ1) is 24.3. The number of benzene rings is 3. The van der Waals surface area contributed by atoms with Gasteiger partial charge < -0.3 is 10.1 Å². The summed E-state index contributed by atoms with van der Waals surface area (Å²) in [5.41, 5.74) is 4.42. The van der Waals surface area contributed by atoms with Crippen LogP contribution in [0.4, 0.5) is 5.69 Å². The van der Waals surface area contributed by atoms with Crippen molar-refractivity contribution in [2.24, 2.45) is 0 Å². The lowest BCUT2D eigenvalue weighted by Crippen LogP contribution is -2.28.